The first-order valence-corrected chi connectivity index (χ1v) is 6.67. The number of aryl methyl sites for hydroxylation is 2. The lowest BCUT2D eigenvalue weighted by Gasteiger charge is -2.07. The van der Waals surface area contributed by atoms with Gasteiger partial charge >= 0.3 is 0 Å². The van der Waals surface area contributed by atoms with E-state index in [0.29, 0.717) is 18.4 Å². The Kier molecular flexibility index (Phi) is 4.20. The fourth-order valence-corrected chi connectivity index (χ4v) is 1.99. The van der Waals surface area contributed by atoms with Crippen LogP contribution in [0, 0.1) is 19.8 Å². The van der Waals surface area contributed by atoms with Gasteiger partial charge in [0.15, 0.2) is 5.82 Å². The van der Waals surface area contributed by atoms with Gasteiger partial charge in [-0.2, -0.15) is 4.98 Å². The van der Waals surface area contributed by atoms with E-state index in [1.165, 1.54) is 11.1 Å². The highest BCUT2D eigenvalue weighted by molar-refractivity contribution is 5.51. The number of nitrogens with zero attached hydrogens (tertiary/aromatic N) is 2. The van der Waals surface area contributed by atoms with Gasteiger partial charge in [-0.15, -0.1) is 0 Å². The maximum atomic E-state index is 5.23. The Balaban J connectivity index is 1.96. The Bertz CT molecular complexity index is 546. The molecule has 0 saturated carbocycles. The first-order valence-electron chi connectivity index (χ1n) is 6.67. The summed E-state index contributed by atoms with van der Waals surface area (Å²) in [7, 11) is 0. The molecule has 4 heteroatoms. The highest BCUT2D eigenvalue weighted by Gasteiger charge is 2.08. The standard InChI is InChI=1S/C15H21N3O/c1-10(2)7-14-17-15(19-18-14)9-16-13-6-5-11(3)8-12(13)4/h5-6,8,10,16H,7,9H2,1-4H3. The van der Waals surface area contributed by atoms with E-state index < -0.39 is 0 Å². The van der Waals surface area contributed by atoms with Crippen molar-refractivity contribution in [3.8, 4) is 0 Å². The van der Waals surface area contributed by atoms with Crippen LogP contribution in [0.25, 0.3) is 0 Å². The normalized spacial score (nSPS) is 11.0. The summed E-state index contributed by atoms with van der Waals surface area (Å²) in [4.78, 5) is 4.37. The number of anilines is 1. The van der Waals surface area contributed by atoms with E-state index in [-0.39, 0.29) is 0 Å². The quantitative estimate of drug-likeness (QED) is 0.893. The van der Waals surface area contributed by atoms with Crippen molar-refractivity contribution >= 4 is 5.69 Å². The van der Waals surface area contributed by atoms with Crippen LogP contribution < -0.4 is 5.32 Å². The molecule has 0 saturated heterocycles. The number of nitrogens with one attached hydrogen (secondary N) is 1. The van der Waals surface area contributed by atoms with Crippen LogP contribution in [0.15, 0.2) is 22.7 Å². The largest absolute Gasteiger partial charge is 0.376 e. The Morgan fingerprint density at radius 3 is 2.74 bits per heavy atom. The molecule has 0 fully saturated rings. The molecular formula is C15H21N3O. The van der Waals surface area contributed by atoms with Gasteiger partial charge < -0.3 is 9.84 Å². The summed E-state index contributed by atoms with van der Waals surface area (Å²) >= 11 is 0. The molecule has 2 aromatic rings. The van der Waals surface area contributed by atoms with Crippen LogP contribution in [0.3, 0.4) is 0 Å². The number of rotatable bonds is 5. The van der Waals surface area contributed by atoms with Gasteiger partial charge in [-0.25, -0.2) is 0 Å². The van der Waals surface area contributed by atoms with E-state index in [0.717, 1.165) is 17.9 Å². The smallest absolute Gasteiger partial charge is 0.245 e. The molecule has 0 amide bonds. The number of hydrogen-bond acceptors (Lipinski definition) is 4. The third-order valence-electron chi connectivity index (χ3n) is 2.91. The highest BCUT2D eigenvalue weighted by Crippen LogP contribution is 2.16. The van der Waals surface area contributed by atoms with Crippen LogP contribution in [0.1, 0.15) is 36.7 Å². The SMILES string of the molecule is Cc1ccc(NCc2nc(CC(C)C)no2)c(C)c1. The van der Waals surface area contributed by atoms with Crippen molar-refractivity contribution in [2.75, 3.05) is 5.32 Å². The Morgan fingerprint density at radius 2 is 2.05 bits per heavy atom. The summed E-state index contributed by atoms with van der Waals surface area (Å²) in [6.45, 7) is 9.03. The lowest BCUT2D eigenvalue weighted by atomic mass is 10.1. The predicted molar refractivity (Wildman–Crippen MR) is 76.1 cm³/mol. The lowest BCUT2D eigenvalue weighted by molar-refractivity contribution is 0.375. The van der Waals surface area contributed by atoms with E-state index in [9.17, 15) is 0 Å². The molecule has 1 aromatic carbocycles. The molecule has 0 unspecified atom stereocenters. The fourth-order valence-electron chi connectivity index (χ4n) is 1.99. The van der Waals surface area contributed by atoms with Gasteiger partial charge in [0.1, 0.15) is 0 Å². The molecule has 1 N–H and O–H groups in total. The minimum Gasteiger partial charge on any atom is -0.376 e. The molecule has 1 heterocycles. The predicted octanol–water partition coefficient (Wildman–Crippen LogP) is 3.50. The van der Waals surface area contributed by atoms with Crippen LogP contribution in [-0.4, -0.2) is 10.1 Å². The van der Waals surface area contributed by atoms with Gasteiger partial charge in [0, 0.05) is 12.1 Å². The molecule has 0 aliphatic heterocycles. The van der Waals surface area contributed by atoms with Crippen molar-refractivity contribution in [3.05, 3.63) is 41.0 Å². The topological polar surface area (TPSA) is 51.0 Å². The molecule has 0 atom stereocenters. The van der Waals surface area contributed by atoms with Gasteiger partial charge in [-0.1, -0.05) is 36.7 Å². The molecule has 102 valence electrons. The van der Waals surface area contributed by atoms with Crippen LogP contribution >= 0.6 is 0 Å². The third-order valence-corrected chi connectivity index (χ3v) is 2.91. The van der Waals surface area contributed by atoms with Gasteiger partial charge in [-0.3, -0.25) is 0 Å². The minimum absolute atomic E-state index is 0.540. The van der Waals surface area contributed by atoms with Gasteiger partial charge in [0.2, 0.25) is 5.89 Å². The fraction of sp³-hybridized carbons (Fsp3) is 0.467. The molecule has 0 radical (unpaired) electrons. The molecule has 4 nitrogen and oxygen atoms in total. The van der Waals surface area contributed by atoms with E-state index in [1.807, 2.05) is 0 Å². The summed E-state index contributed by atoms with van der Waals surface area (Å²) in [5, 5.41) is 7.31. The van der Waals surface area contributed by atoms with Crippen molar-refractivity contribution in [2.45, 2.75) is 40.7 Å². The molecule has 2 rings (SSSR count). The van der Waals surface area contributed by atoms with Crippen molar-refractivity contribution in [2.24, 2.45) is 5.92 Å². The number of aromatic nitrogens is 2. The van der Waals surface area contributed by atoms with Crippen LogP contribution in [0.2, 0.25) is 0 Å². The Morgan fingerprint density at radius 1 is 1.26 bits per heavy atom. The van der Waals surface area contributed by atoms with Crippen LogP contribution in [0.4, 0.5) is 5.69 Å². The Hall–Kier alpha value is -1.84. The van der Waals surface area contributed by atoms with Crippen LogP contribution in [0.5, 0.6) is 0 Å². The second-order valence-electron chi connectivity index (χ2n) is 5.37. The molecular weight excluding hydrogens is 238 g/mol. The first-order chi connectivity index (χ1) is 9.04. The molecule has 0 spiro atoms. The highest BCUT2D eigenvalue weighted by atomic mass is 16.5. The average molecular weight is 259 g/mol. The van der Waals surface area contributed by atoms with Crippen molar-refractivity contribution in [1.29, 1.82) is 0 Å². The number of hydrogen-bond donors (Lipinski definition) is 1. The van der Waals surface area contributed by atoms with E-state index in [1.54, 1.807) is 0 Å². The second-order valence-corrected chi connectivity index (χ2v) is 5.37. The van der Waals surface area contributed by atoms with Crippen molar-refractivity contribution in [1.82, 2.24) is 10.1 Å². The maximum Gasteiger partial charge on any atom is 0.245 e. The van der Waals surface area contributed by atoms with E-state index >= 15 is 0 Å². The van der Waals surface area contributed by atoms with Gasteiger partial charge in [0.25, 0.3) is 0 Å². The maximum absolute atomic E-state index is 5.23. The zero-order valence-electron chi connectivity index (χ0n) is 12.0. The number of benzene rings is 1. The van der Waals surface area contributed by atoms with Crippen LogP contribution in [-0.2, 0) is 13.0 Å². The molecule has 0 aliphatic rings. The Labute approximate surface area is 114 Å². The molecule has 0 bridgehead atoms. The van der Waals surface area contributed by atoms with Gasteiger partial charge in [0.05, 0.1) is 6.54 Å². The zero-order valence-corrected chi connectivity index (χ0v) is 12.0. The zero-order chi connectivity index (χ0) is 13.8. The molecule has 19 heavy (non-hydrogen) atoms. The minimum atomic E-state index is 0.540. The van der Waals surface area contributed by atoms with Crippen molar-refractivity contribution in [3.63, 3.8) is 0 Å². The van der Waals surface area contributed by atoms with Crippen molar-refractivity contribution < 1.29 is 4.52 Å². The summed E-state index contributed by atoms with van der Waals surface area (Å²) in [5.41, 5.74) is 3.59. The second kappa shape index (κ2) is 5.87. The lowest BCUT2D eigenvalue weighted by Crippen LogP contribution is -2.02. The summed E-state index contributed by atoms with van der Waals surface area (Å²) in [6.07, 6.45) is 0.854. The van der Waals surface area contributed by atoms with E-state index in [4.69, 9.17) is 4.52 Å². The third kappa shape index (κ3) is 3.81. The molecule has 1 aromatic heterocycles. The summed E-state index contributed by atoms with van der Waals surface area (Å²) in [6, 6.07) is 6.32. The summed E-state index contributed by atoms with van der Waals surface area (Å²) < 4.78 is 5.23. The van der Waals surface area contributed by atoms with E-state index in [2.05, 4.69) is 61.4 Å². The first kappa shape index (κ1) is 13.6. The molecule has 0 aliphatic carbocycles. The van der Waals surface area contributed by atoms with Gasteiger partial charge in [-0.05, 0) is 31.4 Å². The summed E-state index contributed by atoms with van der Waals surface area (Å²) in [5.74, 6) is 1.96. The monoisotopic (exact) mass is 259 g/mol. The average Bonchev–Trinajstić information content (AvgIpc) is 2.74.